The molecule has 3 amide bonds. The fourth-order valence-corrected chi connectivity index (χ4v) is 3.21. The van der Waals surface area contributed by atoms with Gasteiger partial charge in [-0.05, 0) is 29.8 Å². The molecule has 1 fully saturated rings. The van der Waals surface area contributed by atoms with E-state index in [0.717, 1.165) is 5.56 Å². The maximum atomic E-state index is 12.5. The number of nitrogens with zero attached hydrogens (tertiary/aromatic N) is 2. The number of nitrogens with one attached hydrogen (secondary N) is 1. The van der Waals surface area contributed by atoms with Gasteiger partial charge in [-0.3, -0.25) is 14.4 Å². The maximum Gasteiger partial charge on any atom is 0.316 e. The zero-order valence-electron chi connectivity index (χ0n) is 15.6. The number of rotatable bonds is 6. The molecule has 146 valence electrons. The van der Waals surface area contributed by atoms with Crippen molar-refractivity contribution in [3.8, 4) is 0 Å². The zero-order valence-corrected chi connectivity index (χ0v) is 16.4. The van der Waals surface area contributed by atoms with E-state index < -0.39 is 17.7 Å². The van der Waals surface area contributed by atoms with E-state index in [1.165, 1.54) is 9.80 Å². The van der Waals surface area contributed by atoms with Gasteiger partial charge in [0.15, 0.2) is 0 Å². The van der Waals surface area contributed by atoms with Gasteiger partial charge in [0.05, 0.1) is 5.92 Å². The first-order chi connectivity index (χ1) is 13.5. The van der Waals surface area contributed by atoms with Crippen LogP contribution in [-0.4, -0.2) is 42.3 Å². The summed E-state index contributed by atoms with van der Waals surface area (Å²) in [4.78, 5) is 40.2. The highest BCUT2D eigenvalue weighted by Crippen LogP contribution is 2.18. The minimum Gasteiger partial charge on any atom is -0.352 e. The number of anilines is 1. The fraction of sp³-hybridized carbons (Fsp3) is 0.286. The van der Waals surface area contributed by atoms with Crippen LogP contribution in [0.15, 0.2) is 54.6 Å². The van der Waals surface area contributed by atoms with Crippen molar-refractivity contribution in [1.82, 2.24) is 10.2 Å². The number of carbonyl (C=O) groups excluding carboxylic acids is 3. The van der Waals surface area contributed by atoms with E-state index in [9.17, 15) is 14.4 Å². The van der Waals surface area contributed by atoms with E-state index in [1.807, 2.05) is 30.3 Å². The lowest BCUT2D eigenvalue weighted by atomic mass is 10.1. The molecule has 0 saturated carbocycles. The molecule has 1 atom stereocenters. The van der Waals surface area contributed by atoms with Crippen LogP contribution >= 0.6 is 11.6 Å². The van der Waals surface area contributed by atoms with Crippen LogP contribution in [0.5, 0.6) is 0 Å². The van der Waals surface area contributed by atoms with Gasteiger partial charge in [0.2, 0.25) is 5.91 Å². The van der Waals surface area contributed by atoms with Gasteiger partial charge < -0.3 is 15.1 Å². The smallest absolute Gasteiger partial charge is 0.316 e. The predicted octanol–water partition coefficient (Wildman–Crippen LogP) is 2.47. The quantitative estimate of drug-likeness (QED) is 0.758. The van der Waals surface area contributed by atoms with Crippen LogP contribution in [0.25, 0.3) is 0 Å². The van der Waals surface area contributed by atoms with Crippen molar-refractivity contribution >= 4 is 35.0 Å². The van der Waals surface area contributed by atoms with Gasteiger partial charge in [0.25, 0.3) is 0 Å². The minimum atomic E-state index is -0.576. The maximum absolute atomic E-state index is 12.5. The molecular formula is C21H22ClN3O3. The highest BCUT2D eigenvalue weighted by molar-refractivity contribution is 6.41. The summed E-state index contributed by atoms with van der Waals surface area (Å²) < 4.78 is 0. The van der Waals surface area contributed by atoms with Gasteiger partial charge >= 0.3 is 11.8 Å². The molecule has 0 spiro atoms. The van der Waals surface area contributed by atoms with Gasteiger partial charge in [-0.2, -0.15) is 0 Å². The van der Waals surface area contributed by atoms with Crippen LogP contribution in [0.3, 0.4) is 0 Å². The molecule has 0 bridgehead atoms. The van der Waals surface area contributed by atoms with Crippen molar-refractivity contribution < 1.29 is 14.4 Å². The molecule has 2 aromatic carbocycles. The monoisotopic (exact) mass is 399 g/mol. The lowest BCUT2D eigenvalue weighted by Gasteiger charge is -2.34. The van der Waals surface area contributed by atoms with E-state index in [2.05, 4.69) is 5.32 Å². The lowest BCUT2D eigenvalue weighted by molar-refractivity contribution is -0.147. The number of carbonyl (C=O) groups is 3. The van der Waals surface area contributed by atoms with Gasteiger partial charge in [-0.25, -0.2) is 0 Å². The summed E-state index contributed by atoms with van der Waals surface area (Å²) in [6.45, 7) is 3.15. The summed E-state index contributed by atoms with van der Waals surface area (Å²) in [7, 11) is 0. The van der Waals surface area contributed by atoms with E-state index in [1.54, 1.807) is 31.2 Å². The summed E-state index contributed by atoms with van der Waals surface area (Å²) in [6.07, 6.45) is 0. The minimum absolute atomic E-state index is 0.166. The molecule has 28 heavy (non-hydrogen) atoms. The van der Waals surface area contributed by atoms with Gasteiger partial charge in [0, 0.05) is 36.9 Å². The SMILES string of the molecule is CC(CN1CCN(c2ccccc2)C(=O)C1=O)C(=O)NCc1ccc(Cl)cc1. The molecule has 2 aromatic rings. The molecule has 1 aliphatic heterocycles. The Hall–Kier alpha value is -2.86. The zero-order chi connectivity index (χ0) is 20.1. The first-order valence-electron chi connectivity index (χ1n) is 9.13. The average molecular weight is 400 g/mol. The van der Waals surface area contributed by atoms with E-state index >= 15 is 0 Å². The third-order valence-corrected chi connectivity index (χ3v) is 4.95. The Kier molecular flexibility index (Phi) is 6.31. The van der Waals surface area contributed by atoms with Crippen molar-refractivity contribution in [1.29, 1.82) is 0 Å². The van der Waals surface area contributed by atoms with Crippen molar-refractivity contribution in [2.24, 2.45) is 5.92 Å². The standard InChI is InChI=1S/C21H22ClN3O3/c1-15(19(26)23-13-16-7-9-17(22)10-8-16)14-24-11-12-25(21(28)20(24)27)18-5-3-2-4-6-18/h2-10,15H,11-14H2,1H3,(H,23,26). The first-order valence-corrected chi connectivity index (χ1v) is 9.51. The highest BCUT2D eigenvalue weighted by atomic mass is 35.5. The Morgan fingerprint density at radius 2 is 1.71 bits per heavy atom. The summed E-state index contributed by atoms with van der Waals surface area (Å²) in [5, 5.41) is 3.49. The molecule has 1 unspecified atom stereocenters. The fourth-order valence-electron chi connectivity index (χ4n) is 3.08. The van der Waals surface area contributed by atoms with Crippen molar-refractivity contribution in [3.63, 3.8) is 0 Å². The van der Waals surface area contributed by atoms with Gasteiger partial charge in [-0.1, -0.05) is 48.9 Å². The molecule has 0 aliphatic carbocycles. The number of halogens is 1. The van der Waals surface area contributed by atoms with E-state index in [-0.39, 0.29) is 12.5 Å². The molecule has 7 heteroatoms. The van der Waals surface area contributed by atoms with Crippen LogP contribution < -0.4 is 10.2 Å². The number of hydrogen-bond acceptors (Lipinski definition) is 3. The summed E-state index contributed by atoms with van der Waals surface area (Å²) in [5.74, 6) is -1.73. The molecule has 6 nitrogen and oxygen atoms in total. The molecule has 0 radical (unpaired) electrons. The molecule has 1 saturated heterocycles. The molecule has 1 aliphatic rings. The molecular weight excluding hydrogens is 378 g/mol. The topological polar surface area (TPSA) is 69.7 Å². The largest absolute Gasteiger partial charge is 0.352 e. The molecule has 3 rings (SSSR count). The third-order valence-electron chi connectivity index (χ3n) is 4.70. The number of piperazine rings is 1. The van der Waals surface area contributed by atoms with Crippen LogP contribution in [0.4, 0.5) is 5.69 Å². The van der Waals surface area contributed by atoms with Crippen molar-refractivity contribution in [2.45, 2.75) is 13.5 Å². The van der Waals surface area contributed by atoms with Crippen molar-refractivity contribution in [2.75, 3.05) is 24.5 Å². The van der Waals surface area contributed by atoms with Crippen LogP contribution in [0, 0.1) is 5.92 Å². The van der Waals surface area contributed by atoms with Crippen molar-refractivity contribution in [3.05, 3.63) is 65.2 Å². The Bertz CT molecular complexity index is 855. The van der Waals surface area contributed by atoms with Crippen LogP contribution in [0.2, 0.25) is 5.02 Å². The second-order valence-corrected chi connectivity index (χ2v) is 7.23. The highest BCUT2D eigenvalue weighted by Gasteiger charge is 2.34. The number of amides is 3. The molecule has 1 heterocycles. The van der Waals surface area contributed by atoms with E-state index in [4.69, 9.17) is 11.6 Å². The number of para-hydroxylation sites is 1. The van der Waals surface area contributed by atoms with Crippen LogP contribution in [0.1, 0.15) is 12.5 Å². The number of hydrogen-bond donors (Lipinski definition) is 1. The molecule has 1 N–H and O–H groups in total. The third kappa shape index (κ3) is 4.70. The first kappa shape index (κ1) is 19.9. The Morgan fingerprint density at radius 3 is 2.39 bits per heavy atom. The number of benzene rings is 2. The lowest BCUT2D eigenvalue weighted by Crippen LogP contribution is -2.56. The Balaban J connectivity index is 1.53. The normalized spacial score (nSPS) is 15.5. The summed E-state index contributed by atoms with van der Waals surface area (Å²) in [6, 6.07) is 16.3. The Morgan fingerprint density at radius 1 is 1.04 bits per heavy atom. The van der Waals surface area contributed by atoms with E-state index in [0.29, 0.717) is 30.3 Å². The molecule has 0 aromatic heterocycles. The average Bonchev–Trinajstić information content (AvgIpc) is 2.71. The second kappa shape index (κ2) is 8.89. The van der Waals surface area contributed by atoms with Gasteiger partial charge in [-0.15, -0.1) is 0 Å². The van der Waals surface area contributed by atoms with Gasteiger partial charge in [0.1, 0.15) is 0 Å². The summed E-state index contributed by atoms with van der Waals surface area (Å²) in [5.41, 5.74) is 1.64. The second-order valence-electron chi connectivity index (χ2n) is 6.79. The predicted molar refractivity (Wildman–Crippen MR) is 108 cm³/mol. The van der Waals surface area contributed by atoms with Crippen LogP contribution in [-0.2, 0) is 20.9 Å². The summed E-state index contributed by atoms with van der Waals surface area (Å²) >= 11 is 5.85. The Labute approximate surface area is 169 Å².